The number of benzene rings is 4. The van der Waals surface area contributed by atoms with Crippen LogP contribution in [-0.4, -0.2) is 67.0 Å². The summed E-state index contributed by atoms with van der Waals surface area (Å²) in [5, 5.41) is 60.9. The molecule has 0 spiro atoms. The van der Waals surface area contributed by atoms with Crippen LogP contribution in [0.3, 0.4) is 0 Å². The second-order valence-corrected chi connectivity index (χ2v) is 8.62. The van der Waals surface area contributed by atoms with Gasteiger partial charge in [-0.2, -0.15) is 0 Å². The monoisotopic (exact) mass is 628 g/mol. The Morgan fingerprint density at radius 2 is 0.867 bits per heavy atom. The molecule has 0 atom stereocenters. The maximum absolute atomic E-state index is 10.9. The predicted octanol–water partition coefficient (Wildman–Crippen LogP) is 3.14. The fourth-order valence-corrected chi connectivity index (χ4v) is 3.25. The second-order valence-electron chi connectivity index (χ2n) is 8.62. The third-order valence-electron chi connectivity index (χ3n) is 5.35. The van der Waals surface area contributed by atoms with E-state index in [0.29, 0.717) is 21.5 Å². The van der Waals surface area contributed by atoms with E-state index in [-0.39, 0.29) is 45.3 Å². The van der Waals surface area contributed by atoms with E-state index in [2.05, 4.69) is 13.2 Å². The quantitative estimate of drug-likeness (QED) is 0.135. The van der Waals surface area contributed by atoms with Crippen molar-refractivity contribution in [3.05, 3.63) is 128 Å². The fourth-order valence-electron chi connectivity index (χ4n) is 3.25. The average molecular weight is 629 g/mol. The van der Waals surface area contributed by atoms with Crippen LogP contribution in [-0.2, 0) is 9.59 Å². The third kappa shape index (κ3) is 11.5. The number of carbonyl (C=O) groups is 4. The number of hydrogen-bond acceptors (Lipinski definition) is 10. The summed E-state index contributed by atoms with van der Waals surface area (Å²) in [5.74, 6) is -4.95. The van der Waals surface area contributed by atoms with E-state index >= 15 is 0 Å². The van der Waals surface area contributed by atoms with Gasteiger partial charge in [0.1, 0.15) is 0 Å². The van der Waals surface area contributed by atoms with Gasteiger partial charge >= 0.3 is 35.0 Å². The van der Waals surface area contributed by atoms with Crippen LogP contribution in [0.5, 0.6) is 0 Å². The van der Waals surface area contributed by atoms with Gasteiger partial charge in [0.15, 0.2) is 0 Å². The van der Waals surface area contributed by atoms with Crippen molar-refractivity contribution in [1.82, 2.24) is 0 Å². The fraction of sp³-hybridized carbons (Fsp3) is 0.0667. The number of nitro groups is 2. The maximum Gasteiger partial charge on any atom is 2.00 e. The largest absolute Gasteiger partial charge is 2.00 e. The second kappa shape index (κ2) is 18.1. The zero-order chi connectivity index (χ0) is 33.7. The normalized spacial score (nSPS) is 9.29. The molecule has 0 amide bonds. The summed E-state index contributed by atoms with van der Waals surface area (Å²) in [6.07, 6.45) is 0. The number of rotatable bonds is 6. The molecule has 0 aliphatic carbocycles. The van der Waals surface area contributed by atoms with Crippen LogP contribution in [0.1, 0.15) is 34.6 Å². The first-order valence-electron chi connectivity index (χ1n) is 12.0. The first kappa shape index (κ1) is 39.3. The summed E-state index contributed by atoms with van der Waals surface area (Å²) in [5.41, 5.74) is -1.28. The minimum atomic E-state index is -1.54. The molecule has 0 heterocycles. The number of carboxylic acid groups (broad SMARTS) is 4. The number of nitro benzene ring substituents is 2. The zero-order valence-electron chi connectivity index (χ0n) is 23.9. The molecule has 45 heavy (non-hydrogen) atoms. The van der Waals surface area contributed by atoms with Crippen LogP contribution in [0, 0.1) is 20.2 Å². The van der Waals surface area contributed by atoms with Crippen LogP contribution >= 0.6 is 0 Å². The number of nitrogens with zero attached hydrogens (tertiary/aromatic N) is 2. The van der Waals surface area contributed by atoms with Gasteiger partial charge in [-0.05, 0) is 47.5 Å². The Labute approximate surface area is 271 Å². The van der Waals surface area contributed by atoms with Crippen molar-refractivity contribution in [3.63, 3.8) is 0 Å². The molecule has 228 valence electrons. The molecule has 4 aromatic carbocycles. The molecule has 4 rings (SSSR count). The Kier molecular flexibility index (Phi) is 15.8. The topological polar surface area (TPSA) is 241 Å². The molecular weight excluding hydrogens is 605 g/mol. The van der Waals surface area contributed by atoms with Gasteiger partial charge in [-0.1, -0.05) is 61.7 Å². The summed E-state index contributed by atoms with van der Waals surface area (Å²) in [6, 6.07) is 18.5. The van der Waals surface area contributed by atoms with E-state index in [9.17, 15) is 49.6 Å². The number of fused-ring (bicyclic) bond motifs is 2. The molecule has 0 unspecified atom stereocenters. The Morgan fingerprint density at radius 1 is 0.600 bits per heavy atom. The number of carbonyl (C=O) groups excluding carboxylic acids is 2. The van der Waals surface area contributed by atoms with Crippen LogP contribution in [0.15, 0.2) is 97.1 Å². The van der Waals surface area contributed by atoms with E-state index < -0.39 is 45.1 Å². The van der Waals surface area contributed by atoms with Gasteiger partial charge < -0.3 is 30.0 Å². The summed E-state index contributed by atoms with van der Waals surface area (Å²) >= 11 is 0. The Bertz CT molecular complexity index is 1650. The van der Waals surface area contributed by atoms with Crippen molar-refractivity contribution in [2.45, 2.75) is 13.8 Å². The van der Waals surface area contributed by atoms with Crippen LogP contribution in [0.25, 0.3) is 21.5 Å². The molecule has 0 bridgehead atoms. The molecule has 4 aromatic rings. The molecule has 0 radical (unpaired) electrons. The van der Waals surface area contributed by atoms with Gasteiger partial charge in [-0.15, -0.1) is 0 Å². The number of aromatic carboxylic acids is 2. The summed E-state index contributed by atoms with van der Waals surface area (Å²) in [7, 11) is 0. The zero-order valence-corrected chi connectivity index (χ0v) is 25.3. The smallest absolute Gasteiger partial charge is 0.545 e. The van der Waals surface area contributed by atoms with Gasteiger partial charge in [-0.3, -0.25) is 20.2 Å². The molecule has 0 saturated heterocycles. The maximum atomic E-state index is 10.9. The predicted molar refractivity (Wildman–Crippen MR) is 161 cm³/mol. The summed E-state index contributed by atoms with van der Waals surface area (Å²) < 4.78 is 0. The molecule has 14 nitrogen and oxygen atoms in total. The van der Waals surface area contributed by atoms with Crippen molar-refractivity contribution < 1.29 is 49.5 Å². The molecule has 0 aliphatic heterocycles. The van der Waals surface area contributed by atoms with Gasteiger partial charge in [-0.25, -0.2) is 9.59 Å². The summed E-state index contributed by atoms with van der Waals surface area (Å²) in [6.45, 7) is 9.20. The van der Waals surface area contributed by atoms with E-state index in [4.69, 9.17) is 10.2 Å². The third-order valence-corrected chi connectivity index (χ3v) is 5.35. The molecule has 2 N–H and O–H groups in total. The van der Waals surface area contributed by atoms with Gasteiger partial charge in [0.2, 0.25) is 0 Å². The minimum Gasteiger partial charge on any atom is -0.545 e. The van der Waals surface area contributed by atoms with Crippen molar-refractivity contribution in [3.8, 4) is 0 Å². The van der Waals surface area contributed by atoms with E-state index in [0.717, 1.165) is 0 Å². The molecule has 15 heteroatoms. The van der Waals surface area contributed by atoms with Crippen LogP contribution in [0.2, 0.25) is 0 Å². The van der Waals surface area contributed by atoms with E-state index in [1.54, 1.807) is 36.4 Å². The van der Waals surface area contributed by atoms with E-state index in [1.807, 2.05) is 0 Å². The SMILES string of the molecule is C=C(C)C(=O)O.C=C(C)C(=O)O.O=C([O-])c1c([N+](=O)[O-])ccc2ccccc12.O=C([O-])c1c([N+](=O)[O-])ccc2ccccc12.[Mg+2]. The first-order valence-corrected chi connectivity index (χ1v) is 12.0. The van der Waals surface area contributed by atoms with E-state index in [1.165, 1.54) is 50.2 Å². The number of hydrogen-bond donors (Lipinski definition) is 2. The Morgan fingerprint density at radius 3 is 1.09 bits per heavy atom. The van der Waals surface area contributed by atoms with Crippen molar-refractivity contribution in [2.24, 2.45) is 0 Å². The van der Waals surface area contributed by atoms with Crippen molar-refractivity contribution in [2.75, 3.05) is 0 Å². The standard InChI is InChI=1S/2C11H7NO4.2C4H6O2.Mg/c2*13-11(14)10-8-4-2-1-3-7(8)5-6-9(10)12(15)16;2*1-3(2)4(5)6;/h2*1-6H,(H,13,14);2*1H2,2H3,(H,5,6);/q;;;;+2/p-2. The number of carboxylic acids is 4. The summed E-state index contributed by atoms with van der Waals surface area (Å²) in [4.78, 5) is 61.0. The van der Waals surface area contributed by atoms with Crippen LogP contribution in [0.4, 0.5) is 11.4 Å². The van der Waals surface area contributed by atoms with Gasteiger partial charge in [0, 0.05) is 23.3 Å². The molecule has 0 saturated carbocycles. The van der Waals surface area contributed by atoms with Crippen molar-refractivity contribution in [1.29, 1.82) is 0 Å². The van der Waals surface area contributed by atoms with Crippen molar-refractivity contribution >= 4 is 79.8 Å². The molecule has 0 aliphatic rings. The number of aliphatic carboxylic acids is 2. The minimum absolute atomic E-state index is 0. The van der Waals surface area contributed by atoms with Gasteiger partial charge in [0.25, 0.3) is 11.4 Å². The average Bonchev–Trinajstić information content (AvgIpc) is 2.96. The first-order chi connectivity index (χ1) is 20.5. The Balaban J connectivity index is 0.000000629. The molecule has 0 fully saturated rings. The Hall–Kier alpha value is -5.67. The molecular formula is C30H24MgN2O12. The van der Waals surface area contributed by atoms with Crippen LogP contribution < -0.4 is 10.2 Å². The van der Waals surface area contributed by atoms with Gasteiger partial charge in [0.05, 0.1) is 32.9 Å². The molecule has 0 aromatic heterocycles.